The summed E-state index contributed by atoms with van der Waals surface area (Å²) in [5.41, 5.74) is 1.79. The molecule has 0 aliphatic heterocycles. The fraction of sp³-hybridized carbons (Fsp3) is 0.211. The minimum absolute atomic E-state index is 0.164. The molecule has 1 aromatic heterocycles. The van der Waals surface area contributed by atoms with E-state index in [-0.39, 0.29) is 18.5 Å². The first kappa shape index (κ1) is 14.4. The number of esters is 1. The lowest BCUT2D eigenvalue weighted by atomic mass is 9.97. The Morgan fingerprint density at radius 1 is 1.09 bits per heavy atom. The number of carbonyl (C=O) groups is 1. The van der Waals surface area contributed by atoms with Gasteiger partial charge in [0.05, 0.1) is 5.92 Å². The Hall–Kier alpha value is -2.55. The summed E-state index contributed by atoms with van der Waals surface area (Å²) in [6.45, 7) is 2.15. The van der Waals surface area contributed by atoms with E-state index in [1.165, 1.54) is 0 Å². The summed E-state index contributed by atoms with van der Waals surface area (Å²) in [4.78, 5) is 12.3. The van der Waals surface area contributed by atoms with Crippen LogP contribution in [0.4, 0.5) is 0 Å². The monoisotopic (exact) mass is 294 g/mol. The predicted molar refractivity (Wildman–Crippen MR) is 85.5 cm³/mol. The maximum absolute atomic E-state index is 12.3. The Morgan fingerprint density at radius 2 is 1.82 bits per heavy atom. The van der Waals surface area contributed by atoms with Gasteiger partial charge in [-0.3, -0.25) is 4.79 Å². The van der Waals surface area contributed by atoms with Gasteiger partial charge < -0.3 is 9.15 Å². The molecule has 0 saturated heterocycles. The first-order valence-electron chi connectivity index (χ1n) is 7.47. The maximum Gasteiger partial charge on any atom is 0.313 e. The topological polar surface area (TPSA) is 39.4 Å². The molecule has 0 saturated carbocycles. The summed E-state index contributed by atoms with van der Waals surface area (Å²) in [5, 5.41) is 1.02. The van der Waals surface area contributed by atoms with Crippen molar-refractivity contribution in [1.82, 2.24) is 0 Å². The van der Waals surface area contributed by atoms with Gasteiger partial charge >= 0.3 is 5.97 Å². The number of hydrogen-bond donors (Lipinski definition) is 0. The standard InChI is InChI=1S/C19H18O3/c1-2-17(14-8-4-3-5-9-14)19(20)21-13-16-12-15-10-6-7-11-18(15)22-16/h3-12,17H,2,13H2,1H3. The fourth-order valence-electron chi connectivity index (χ4n) is 2.57. The lowest BCUT2D eigenvalue weighted by Gasteiger charge is -2.13. The third-order valence-corrected chi connectivity index (χ3v) is 3.73. The van der Waals surface area contributed by atoms with Crippen molar-refractivity contribution in [3.8, 4) is 0 Å². The molecule has 0 aliphatic carbocycles. The third kappa shape index (κ3) is 3.03. The summed E-state index contributed by atoms with van der Waals surface area (Å²) in [7, 11) is 0. The molecule has 0 aliphatic rings. The Labute approximate surface area is 129 Å². The van der Waals surface area contributed by atoms with Crippen molar-refractivity contribution in [3.63, 3.8) is 0 Å². The van der Waals surface area contributed by atoms with Crippen LogP contribution < -0.4 is 0 Å². The van der Waals surface area contributed by atoms with Crippen molar-refractivity contribution in [2.24, 2.45) is 0 Å². The van der Waals surface area contributed by atoms with Crippen LogP contribution in [0.2, 0.25) is 0 Å². The molecular formula is C19H18O3. The largest absolute Gasteiger partial charge is 0.457 e. The van der Waals surface area contributed by atoms with E-state index >= 15 is 0 Å². The molecule has 3 aromatic rings. The smallest absolute Gasteiger partial charge is 0.313 e. The first-order chi connectivity index (χ1) is 10.8. The Kier molecular flexibility index (Phi) is 4.24. The van der Waals surface area contributed by atoms with Crippen LogP contribution in [-0.2, 0) is 16.1 Å². The van der Waals surface area contributed by atoms with Gasteiger partial charge in [0, 0.05) is 5.39 Å². The molecule has 0 spiro atoms. The highest BCUT2D eigenvalue weighted by Gasteiger charge is 2.20. The zero-order chi connectivity index (χ0) is 15.4. The van der Waals surface area contributed by atoms with Crippen molar-refractivity contribution in [1.29, 1.82) is 0 Å². The first-order valence-corrected chi connectivity index (χ1v) is 7.47. The number of hydrogen-bond acceptors (Lipinski definition) is 3. The number of benzene rings is 2. The number of rotatable bonds is 5. The van der Waals surface area contributed by atoms with E-state index in [1.807, 2.05) is 67.6 Å². The van der Waals surface area contributed by atoms with Crippen LogP contribution in [0.3, 0.4) is 0 Å². The predicted octanol–water partition coefficient (Wildman–Crippen LogP) is 4.67. The molecule has 2 aromatic carbocycles. The van der Waals surface area contributed by atoms with Gasteiger partial charge in [-0.05, 0) is 24.1 Å². The molecule has 3 nitrogen and oxygen atoms in total. The van der Waals surface area contributed by atoms with E-state index < -0.39 is 0 Å². The van der Waals surface area contributed by atoms with Gasteiger partial charge in [0.15, 0.2) is 0 Å². The highest BCUT2D eigenvalue weighted by Crippen LogP contribution is 2.23. The highest BCUT2D eigenvalue weighted by molar-refractivity contribution is 5.79. The van der Waals surface area contributed by atoms with Gasteiger partial charge in [0.1, 0.15) is 18.0 Å². The van der Waals surface area contributed by atoms with E-state index in [0.29, 0.717) is 12.2 Å². The van der Waals surface area contributed by atoms with E-state index in [4.69, 9.17) is 9.15 Å². The minimum atomic E-state index is -0.231. The summed E-state index contributed by atoms with van der Waals surface area (Å²) < 4.78 is 11.1. The van der Waals surface area contributed by atoms with Crippen molar-refractivity contribution in [2.75, 3.05) is 0 Å². The zero-order valence-corrected chi connectivity index (χ0v) is 12.5. The summed E-state index contributed by atoms with van der Waals surface area (Å²) in [5.74, 6) is 0.220. The number of para-hydroxylation sites is 1. The van der Waals surface area contributed by atoms with Crippen LogP contribution in [0.15, 0.2) is 65.1 Å². The van der Waals surface area contributed by atoms with Gasteiger partial charge in [-0.1, -0.05) is 55.5 Å². The summed E-state index contributed by atoms with van der Waals surface area (Å²) >= 11 is 0. The average Bonchev–Trinajstić information content (AvgIpc) is 2.97. The molecule has 0 radical (unpaired) electrons. The third-order valence-electron chi connectivity index (χ3n) is 3.73. The molecule has 22 heavy (non-hydrogen) atoms. The number of carbonyl (C=O) groups excluding carboxylic acids is 1. The van der Waals surface area contributed by atoms with Crippen molar-refractivity contribution < 1.29 is 13.9 Å². The average molecular weight is 294 g/mol. The molecular weight excluding hydrogens is 276 g/mol. The number of ether oxygens (including phenoxy) is 1. The quantitative estimate of drug-likeness (QED) is 0.642. The summed E-state index contributed by atoms with van der Waals surface area (Å²) in [6, 6.07) is 19.4. The second-order valence-electron chi connectivity index (χ2n) is 5.23. The van der Waals surface area contributed by atoms with Gasteiger partial charge in [-0.2, -0.15) is 0 Å². The lowest BCUT2D eigenvalue weighted by Crippen LogP contribution is -2.15. The van der Waals surface area contributed by atoms with Crippen molar-refractivity contribution in [3.05, 3.63) is 72.0 Å². The van der Waals surface area contributed by atoms with E-state index in [9.17, 15) is 4.79 Å². The second kappa shape index (κ2) is 6.48. The molecule has 1 unspecified atom stereocenters. The van der Waals surface area contributed by atoms with Gasteiger partial charge in [-0.25, -0.2) is 0 Å². The van der Waals surface area contributed by atoms with Crippen LogP contribution in [-0.4, -0.2) is 5.97 Å². The molecule has 0 amide bonds. The molecule has 1 atom stereocenters. The second-order valence-corrected chi connectivity index (χ2v) is 5.23. The Bertz CT molecular complexity index is 725. The van der Waals surface area contributed by atoms with E-state index in [1.54, 1.807) is 0 Å². The molecule has 0 N–H and O–H groups in total. The molecule has 1 heterocycles. The Morgan fingerprint density at radius 3 is 2.55 bits per heavy atom. The van der Waals surface area contributed by atoms with Gasteiger partial charge in [0.2, 0.25) is 0 Å². The minimum Gasteiger partial charge on any atom is -0.457 e. The van der Waals surface area contributed by atoms with Crippen LogP contribution in [0.5, 0.6) is 0 Å². The normalized spacial score (nSPS) is 12.2. The number of fused-ring (bicyclic) bond motifs is 1. The maximum atomic E-state index is 12.3. The lowest BCUT2D eigenvalue weighted by molar-refractivity contribution is -0.147. The van der Waals surface area contributed by atoms with Crippen molar-refractivity contribution in [2.45, 2.75) is 25.9 Å². The Balaban J connectivity index is 1.68. The van der Waals surface area contributed by atoms with Gasteiger partial charge in [-0.15, -0.1) is 0 Å². The van der Waals surface area contributed by atoms with Crippen LogP contribution in [0.1, 0.15) is 30.6 Å². The molecule has 3 rings (SSSR count). The van der Waals surface area contributed by atoms with Gasteiger partial charge in [0.25, 0.3) is 0 Å². The van der Waals surface area contributed by atoms with E-state index in [2.05, 4.69) is 0 Å². The highest BCUT2D eigenvalue weighted by atomic mass is 16.5. The van der Waals surface area contributed by atoms with Crippen LogP contribution in [0.25, 0.3) is 11.0 Å². The van der Waals surface area contributed by atoms with Crippen molar-refractivity contribution >= 4 is 16.9 Å². The molecule has 112 valence electrons. The molecule has 0 fully saturated rings. The summed E-state index contributed by atoms with van der Waals surface area (Å²) in [6.07, 6.45) is 0.711. The molecule has 0 bridgehead atoms. The van der Waals surface area contributed by atoms with E-state index in [0.717, 1.165) is 16.5 Å². The number of furan rings is 1. The SMILES string of the molecule is CCC(C(=O)OCc1cc2ccccc2o1)c1ccccc1. The molecule has 3 heteroatoms. The fourth-order valence-corrected chi connectivity index (χ4v) is 2.57. The van der Waals surface area contributed by atoms with Crippen LogP contribution in [0, 0.1) is 0 Å². The van der Waals surface area contributed by atoms with Crippen LogP contribution >= 0.6 is 0 Å². The zero-order valence-electron chi connectivity index (χ0n) is 12.5.